The molecule has 1 aromatic rings. The van der Waals surface area contributed by atoms with Crippen LogP contribution in [-0.2, 0) is 9.59 Å². The van der Waals surface area contributed by atoms with Crippen molar-refractivity contribution in [3.8, 4) is 0 Å². The van der Waals surface area contributed by atoms with Gasteiger partial charge in [0.1, 0.15) is 0 Å². The Bertz CT molecular complexity index is 655. The number of piperidine rings is 1. The lowest BCUT2D eigenvalue weighted by atomic mass is 9.85. The molecule has 2 heterocycles. The Morgan fingerprint density at radius 2 is 1.96 bits per heavy atom. The van der Waals surface area contributed by atoms with Gasteiger partial charge in [-0.25, -0.2) is 4.98 Å². The smallest absolute Gasteiger partial charge is 0.240 e. The molecule has 27 heavy (non-hydrogen) atoms. The fraction of sp³-hybridized carbons (Fsp3) is 0.750. The minimum atomic E-state index is -0.0503. The molecular weight excluding hydrogens is 360 g/mol. The lowest BCUT2D eigenvalue weighted by molar-refractivity contribution is -0.129. The second kappa shape index (κ2) is 9.15. The van der Waals surface area contributed by atoms with Crippen LogP contribution in [0.25, 0.3) is 0 Å². The highest BCUT2D eigenvalue weighted by Gasteiger charge is 2.30. The zero-order chi connectivity index (χ0) is 19.4. The molecule has 2 N–H and O–H groups in total. The number of hydrogen-bond acceptors (Lipinski definition) is 5. The maximum atomic E-state index is 12.7. The topological polar surface area (TPSA) is 74.3 Å². The zero-order valence-electron chi connectivity index (χ0n) is 16.7. The Morgan fingerprint density at radius 1 is 1.19 bits per heavy atom. The normalized spacial score (nSPS) is 26.6. The van der Waals surface area contributed by atoms with Gasteiger partial charge in [0.2, 0.25) is 11.8 Å². The average Bonchev–Trinajstić information content (AvgIpc) is 2.94. The summed E-state index contributed by atoms with van der Waals surface area (Å²) in [5.74, 6) is 0.680. The molecule has 3 unspecified atom stereocenters. The third-order valence-corrected chi connectivity index (χ3v) is 6.95. The van der Waals surface area contributed by atoms with Gasteiger partial charge in [0, 0.05) is 17.5 Å². The third-order valence-electron chi connectivity index (χ3n) is 5.96. The van der Waals surface area contributed by atoms with Crippen LogP contribution < -0.4 is 10.6 Å². The molecule has 1 aliphatic carbocycles. The van der Waals surface area contributed by atoms with Gasteiger partial charge in [0.25, 0.3) is 0 Å². The molecule has 0 bridgehead atoms. The fourth-order valence-electron chi connectivity index (χ4n) is 4.13. The summed E-state index contributed by atoms with van der Waals surface area (Å²) in [4.78, 5) is 32.7. The van der Waals surface area contributed by atoms with E-state index in [0.717, 1.165) is 36.4 Å². The summed E-state index contributed by atoms with van der Waals surface area (Å²) in [7, 11) is 0. The molecular formula is C20H32N4O2S. The first-order valence-electron chi connectivity index (χ1n) is 10.2. The molecule has 0 aromatic carbocycles. The van der Waals surface area contributed by atoms with Crippen molar-refractivity contribution in [1.29, 1.82) is 0 Å². The van der Waals surface area contributed by atoms with E-state index in [2.05, 4.69) is 27.4 Å². The maximum Gasteiger partial charge on any atom is 0.240 e. The predicted octanol–water partition coefficient (Wildman–Crippen LogP) is 3.11. The van der Waals surface area contributed by atoms with Crippen LogP contribution in [-0.4, -0.2) is 47.4 Å². The van der Waals surface area contributed by atoms with Crippen LogP contribution in [0.4, 0.5) is 5.13 Å². The summed E-state index contributed by atoms with van der Waals surface area (Å²) < 4.78 is 0. The van der Waals surface area contributed by atoms with Crippen LogP contribution >= 0.6 is 11.3 Å². The zero-order valence-corrected chi connectivity index (χ0v) is 17.5. The summed E-state index contributed by atoms with van der Waals surface area (Å²) in [5, 5.41) is 6.84. The number of amides is 2. The number of carbonyl (C=O) groups excluding carboxylic acids is 2. The van der Waals surface area contributed by atoms with Crippen LogP contribution in [0.1, 0.15) is 56.0 Å². The van der Waals surface area contributed by atoms with Gasteiger partial charge in [0.05, 0.1) is 18.2 Å². The van der Waals surface area contributed by atoms with Gasteiger partial charge in [-0.15, -0.1) is 11.3 Å². The van der Waals surface area contributed by atoms with E-state index in [1.807, 2.05) is 13.8 Å². The summed E-state index contributed by atoms with van der Waals surface area (Å²) in [6, 6.07) is 0.321. The Morgan fingerprint density at radius 3 is 2.67 bits per heavy atom. The molecule has 1 saturated heterocycles. The number of aryl methyl sites for hydroxylation is 2. The van der Waals surface area contributed by atoms with Crippen LogP contribution in [0, 0.1) is 25.7 Å². The third kappa shape index (κ3) is 5.51. The highest BCUT2D eigenvalue weighted by Crippen LogP contribution is 2.25. The van der Waals surface area contributed by atoms with Crippen molar-refractivity contribution < 1.29 is 9.59 Å². The maximum absolute atomic E-state index is 12.7. The van der Waals surface area contributed by atoms with E-state index >= 15 is 0 Å². The van der Waals surface area contributed by atoms with E-state index in [4.69, 9.17) is 0 Å². The molecule has 7 heteroatoms. The van der Waals surface area contributed by atoms with Crippen molar-refractivity contribution in [2.75, 3.05) is 25.0 Å². The van der Waals surface area contributed by atoms with Gasteiger partial charge in [-0.1, -0.05) is 19.8 Å². The second-order valence-corrected chi connectivity index (χ2v) is 9.36. The second-order valence-electron chi connectivity index (χ2n) is 8.16. The largest absolute Gasteiger partial charge is 0.353 e. The van der Waals surface area contributed by atoms with E-state index in [9.17, 15) is 9.59 Å². The van der Waals surface area contributed by atoms with Crippen molar-refractivity contribution in [2.24, 2.45) is 11.8 Å². The molecule has 1 saturated carbocycles. The summed E-state index contributed by atoms with van der Waals surface area (Å²) in [5.41, 5.74) is 0.960. The van der Waals surface area contributed by atoms with Gasteiger partial charge >= 0.3 is 0 Å². The van der Waals surface area contributed by atoms with E-state index in [-0.39, 0.29) is 17.7 Å². The van der Waals surface area contributed by atoms with E-state index < -0.39 is 0 Å². The fourth-order valence-corrected chi connectivity index (χ4v) is 4.96. The van der Waals surface area contributed by atoms with Gasteiger partial charge in [0.15, 0.2) is 5.13 Å². The monoisotopic (exact) mass is 392 g/mol. The van der Waals surface area contributed by atoms with Crippen molar-refractivity contribution in [2.45, 2.75) is 65.3 Å². The molecule has 2 amide bonds. The van der Waals surface area contributed by atoms with Crippen molar-refractivity contribution in [3.63, 3.8) is 0 Å². The highest BCUT2D eigenvalue weighted by atomic mass is 32.1. The summed E-state index contributed by atoms with van der Waals surface area (Å²) in [6.07, 6.45) is 6.66. The van der Waals surface area contributed by atoms with Gasteiger partial charge in [-0.3, -0.25) is 14.5 Å². The molecule has 1 aromatic heterocycles. The quantitative estimate of drug-likeness (QED) is 0.807. The number of anilines is 1. The van der Waals surface area contributed by atoms with Crippen LogP contribution in [0.15, 0.2) is 0 Å². The molecule has 2 aliphatic rings. The first-order valence-corrected chi connectivity index (χ1v) is 11.0. The van der Waals surface area contributed by atoms with Crippen LogP contribution in [0.2, 0.25) is 0 Å². The molecule has 1 aliphatic heterocycles. The standard InChI is InChI=1S/C20H32N4O2S/c1-13-7-4-5-9-17(13)22-19(26)16-8-6-10-24(11-16)12-18(25)23-20-21-14(2)15(3)27-20/h13,16-17H,4-12H2,1-3H3,(H,22,26)(H,21,23,25). The lowest BCUT2D eigenvalue weighted by Gasteiger charge is -2.34. The average molecular weight is 393 g/mol. The first kappa shape index (κ1) is 20.3. The molecule has 2 fully saturated rings. The van der Waals surface area contributed by atoms with Gasteiger partial charge in [-0.2, -0.15) is 0 Å². The van der Waals surface area contributed by atoms with E-state index in [1.54, 1.807) is 0 Å². The molecule has 0 radical (unpaired) electrons. The lowest BCUT2D eigenvalue weighted by Crippen LogP contribution is -2.49. The Hall–Kier alpha value is -1.47. The van der Waals surface area contributed by atoms with Crippen LogP contribution in [0.5, 0.6) is 0 Å². The molecule has 6 nitrogen and oxygen atoms in total. The first-order chi connectivity index (χ1) is 12.9. The molecule has 3 rings (SSSR count). The van der Waals surface area contributed by atoms with Gasteiger partial charge in [-0.05, 0) is 52.0 Å². The Balaban J connectivity index is 1.48. The Labute approximate surface area is 166 Å². The minimum Gasteiger partial charge on any atom is -0.353 e. The molecule has 150 valence electrons. The Kier molecular flexibility index (Phi) is 6.87. The van der Waals surface area contributed by atoms with Crippen LogP contribution in [0.3, 0.4) is 0 Å². The number of nitrogens with zero attached hydrogens (tertiary/aromatic N) is 2. The molecule has 3 atom stereocenters. The minimum absolute atomic E-state index is 0.00923. The van der Waals surface area contributed by atoms with E-state index in [1.165, 1.54) is 30.6 Å². The summed E-state index contributed by atoms with van der Waals surface area (Å²) >= 11 is 1.50. The molecule has 0 spiro atoms. The number of thiazole rings is 1. The van der Waals surface area contributed by atoms with E-state index in [0.29, 0.717) is 30.2 Å². The number of hydrogen-bond donors (Lipinski definition) is 2. The van der Waals surface area contributed by atoms with Crippen molar-refractivity contribution in [1.82, 2.24) is 15.2 Å². The summed E-state index contributed by atoms with van der Waals surface area (Å²) in [6.45, 7) is 8.04. The number of aromatic nitrogens is 1. The SMILES string of the molecule is Cc1nc(NC(=O)CN2CCCC(C(=O)NC3CCCCC3C)C2)sc1C. The van der Waals surface area contributed by atoms with Crippen molar-refractivity contribution in [3.05, 3.63) is 10.6 Å². The van der Waals surface area contributed by atoms with Gasteiger partial charge < -0.3 is 10.6 Å². The number of rotatable bonds is 5. The number of likely N-dealkylation sites (tertiary alicyclic amines) is 1. The predicted molar refractivity (Wildman–Crippen MR) is 109 cm³/mol. The highest BCUT2D eigenvalue weighted by molar-refractivity contribution is 7.15. The number of nitrogens with one attached hydrogen (secondary N) is 2. The van der Waals surface area contributed by atoms with Crippen molar-refractivity contribution >= 4 is 28.3 Å². The number of carbonyl (C=O) groups is 2.